The second kappa shape index (κ2) is 6.50. The third kappa shape index (κ3) is 3.12. The normalized spacial score (nSPS) is 20.4. The minimum absolute atomic E-state index is 0.319. The fourth-order valence-electron chi connectivity index (χ4n) is 2.83. The maximum atomic E-state index is 12.5. The highest BCUT2D eigenvalue weighted by molar-refractivity contribution is 9.10. The van der Waals surface area contributed by atoms with E-state index in [1.165, 1.54) is 0 Å². The third-order valence-electron chi connectivity index (χ3n) is 4.05. The number of hydrogen-bond acceptors (Lipinski definition) is 4. The molecule has 3 rings (SSSR count). The number of amides is 1. The number of nitrogens with one attached hydrogen (secondary N) is 1. The molecule has 118 valence electrons. The Morgan fingerprint density at radius 1 is 1.17 bits per heavy atom. The molecule has 0 spiro atoms. The van der Waals surface area contributed by atoms with E-state index in [0.29, 0.717) is 24.0 Å². The number of anilines is 1. The lowest BCUT2D eigenvalue weighted by Crippen LogP contribution is -2.41. The number of allylic oxidation sites excluding steroid dienone is 2. The molecule has 1 aromatic carbocycles. The van der Waals surface area contributed by atoms with Gasteiger partial charge < -0.3 is 15.2 Å². The summed E-state index contributed by atoms with van der Waals surface area (Å²) in [7, 11) is 0. The zero-order valence-electron chi connectivity index (χ0n) is 12.2. The van der Waals surface area contributed by atoms with Gasteiger partial charge in [0.05, 0.1) is 17.1 Å². The zero-order chi connectivity index (χ0) is 16.4. The summed E-state index contributed by atoms with van der Waals surface area (Å²) in [5.41, 5.74) is 1.23. The zero-order valence-corrected chi connectivity index (χ0v) is 13.7. The molecule has 1 aliphatic carbocycles. The first-order chi connectivity index (χ1) is 11.1. The van der Waals surface area contributed by atoms with Crippen LogP contribution in [0.3, 0.4) is 0 Å². The summed E-state index contributed by atoms with van der Waals surface area (Å²) in [6.07, 6.45) is 5.98. The number of rotatable bonds is 3. The van der Waals surface area contributed by atoms with Crippen molar-refractivity contribution in [2.45, 2.75) is 12.8 Å². The Labute approximate surface area is 141 Å². The van der Waals surface area contributed by atoms with Gasteiger partial charge in [-0.25, -0.2) is 0 Å². The molecule has 0 aliphatic heterocycles. The lowest BCUT2D eigenvalue weighted by Gasteiger charge is -2.28. The maximum Gasteiger partial charge on any atom is 0.228 e. The van der Waals surface area contributed by atoms with Crippen molar-refractivity contribution < 1.29 is 14.7 Å². The van der Waals surface area contributed by atoms with Gasteiger partial charge >= 0.3 is 0 Å². The highest BCUT2D eigenvalue weighted by atomic mass is 79.9. The molecule has 1 aromatic heterocycles. The number of carboxylic acids is 1. The Balaban J connectivity index is 1.90. The summed E-state index contributed by atoms with van der Waals surface area (Å²) < 4.78 is 0.881. The van der Waals surface area contributed by atoms with Crippen LogP contribution < -0.4 is 10.4 Å². The predicted molar refractivity (Wildman–Crippen MR) is 88.4 cm³/mol. The molecular weight excluding hydrogens is 360 g/mol. The molecule has 23 heavy (non-hydrogen) atoms. The van der Waals surface area contributed by atoms with Crippen LogP contribution in [0.15, 0.2) is 47.1 Å². The Morgan fingerprint density at radius 2 is 1.91 bits per heavy atom. The average molecular weight is 374 g/mol. The molecule has 5 nitrogen and oxygen atoms in total. The highest BCUT2D eigenvalue weighted by Crippen LogP contribution is 2.31. The standard InChI is InChI=1S/C17H15BrN2O3/c18-13-7-8-14(15-12(13)6-3-9-19-15)20-16(21)10-4-1-2-5-11(10)17(22)23/h1-3,6-11H,4-5H2,(H,20,21)(H,22,23)/p-1/t10-,11-/m1/s1. The largest absolute Gasteiger partial charge is 0.550 e. The molecule has 0 fully saturated rings. The van der Waals surface area contributed by atoms with E-state index < -0.39 is 17.8 Å². The van der Waals surface area contributed by atoms with Crippen LogP contribution in [-0.4, -0.2) is 16.9 Å². The van der Waals surface area contributed by atoms with Crippen molar-refractivity contribution in [1.29, 1.82) is 0 Å². The summed E-state index contributed by atoms with van der Waals surface area (Å²) in [6.45, 7) is 0. The van der Waals surface area contributed by atoms with E-state index in [9.17, 15) is 14.7 Å². The first kappa shape index (κ1) is 15.7. The van der Waals surface area contributed by atoms with E-state index in [1.807, 2.05) is 24.3 Å². The lowest BCUT2D eigenvalue weighted by atomic mass is 9.82. The third-order valence-corrected chi connectivity index (χ3v) is 4.74. The number of halogens is 1. The van der Waals surface area contributed by atoms with Gasteiger partial charge in [0, 0.05) is 27.9 Å². The van der Waals surface area contributed by atoms with Crippen LogP contribution in [0, 0.1) is 11.8 Å². The summed E-state index contributed by atoms with van der Waals surface area (Å²) in [5, 5.41) is 14.9. The number of hydrogen-bond donors (Lipinski definition) is 1. The SMILES string of the molecule is O=C([O-])[C@@H]1CC=CC[C@H]1C(=O)Nc1ccc(Br)c2cccnc12. The second-order valence-corrected chi connectivity index (χ2v) is 6.31. The van der Waals surface area contributed by atoms with Gasteiger partial charge in [-0.1, -0.05) is 34.1 Å². The van der Waals surface area contributed by atoms with Gasteiger partial charge in [0.1, 0.15) is 0 Å². The van der Waals surface area contributed by atoms with Crippen LogP contribution in [0.2, 0.25) is 0 Å². The monoisotopic (exact) mass is 373 g/mol. The van der Waals surface area contributed by atoms with Crippen molar-refractivity contribution in [2.75, 3.05) is 5.32 Å². The van der Waals surface area contributed by atoms with Crippen molar-refractivity contribution in [3.63, 3.8) is 0 Å². The highest BCUT2D eigenvalue weighted by Gasteiger charge is 2.30. The van der Waals surface area contributed by atoms with Crippen LogP contribution in [0.25, 0.3) is 10.9 Å². The van der Waals surface area contributed by atoms with Crippen molar-refractivity contribution in [1.82, 2.24) is 4.98 Å². The van der Waals surface area contributed by atoms with E-state index in [2.05, 4.69) is 26.2 Å². The van der Waals surface area contributed by atoms with Crippen LogP contribution in [0.1, 0.15) is 12.8 Å². The number of aromatic nitrogens is 1. The van der Waals surface area contributed by atoms with Crippen molar-refractivity contribution >= 4 is 44.4 Å². The maximum absolute atomic E-state index is 12.5. The number of aliphatic carboxylic acids is 1. The van der Waals surface area contributed by atoms with E-state index in [-0.39, 0.29) is 5.91 Å². The quantitative estimate of drug-likeness (QED) is 0.836. The van der Waals surface area contributed by atoms with Crippen molar-refractivity contribution in [3.8, 4) is 0 Å². The molecule has 1 amide bonds. The van der Waals surface area contributed by atoms with E-state index >= 15 is 0 Å². The van der Waals surface area contributed by atoms with Crippen molar-refractivity contribution in [3.05, 3.63) is 47.1 Å². The second-order valence-electron chi connectivity index (χ2n) is 5.46. The molecule has 2 atom stereocenters. The molecule has 0 radical (unpaired) electrons. The number of pyridine rings is 1. The minimum Gasteiger partial charge on any atom is -0.550 e. The molecule has 0 saturated carbocycles. The first-order valence-electron chi connectivity index (χ1n) is 7.28. The molecule has 1 N–H and O–H groups in total. The Bertz CT molecular complexity index is 804. The van der Waals surface area contributed by atoms with E-state index in [1.54, 1.807) is 18.3 Å². The van der Waals surface area contributed by atoms with Crippen LogP contribution in [0.5, 0.6) is 0 Å². The van der Waals surface area contributed by atoms with Crippen LogP contribution >= 0.6 is 15.9 Å². The van der Waals surface area contributed by atoms with Gasteiger partial charge in [0.2, 0.25) is 5.91 Å². The molecule has 0 saturated heterocycles. The molecule has 2 aromatic rings. The van der Waals surface area contributed by atoms with Crippen molar-refractivity contribution in [2.24, 2.45) is 11.8 Å². The van der Waals surface area contributed by atoms with Crippen LogP contribution in [-0.2, 0) is 9.59 Å². The minimum atomic E-state index is -1.19. The predicted octanol–water partition coefficient (Wildman–Crippen LogP) is 2.27. The van der Waals surface area contributed by atoms with E-state index in [0.717, 1.165) is 9.86 Å². The smallest absolute Gasteiger partial charge is 0.228 e. The molecule has 1 aliphatic rings. The fourth-order valence-corrected chi connectivity index (χ4v) is 3.28. The van der Waals surface area contributed by atoms with Gasteiger partial charge in [-0.05, 0) is 31.0 Å². The summed E-state index contributed by atoms with van der Waals surface area (Å²) in [5.74, 6) is -2.94. The molecule has 1 heterocycles. The summed E-state index contributed by atoms with van der Waals surface area (Å²) in [4.78, 5) is 28.1. The number of benzene rings is 1. The number of carboxylic acid groups (broad SMARTS) is 1. The Morgan fingerprint density at radius 3 is 2.65 bits per heavy atom. The van der Waals surface area contributed by atoms with Crippen LogP contribution in [0.4, 0.5) is 5.69 Å². The molecule has 6 heteroatoms. The number of fused-ring (bicyclic) bond motifs is 1. The average Bonchev–Trinajstić information content (AvgIpc) is 2.57. The lowest BCUT2D eigenvalue weighted by molar-refractivity contribution is -0.313. The summed E-state index contributed by atoms with van der Waals surface area (Å²) >= 11 is 3.45. The fraction of sp³-hybridized carbons (Fsp3) is 0.235. The molecule has 0 bridgehead atoms. The molecule has 0 unspecified atom stereocenters. The molecular formula is C17H14BrN2O3-. The van der Waals surface area contributed by atoms with Gasteiger partial charge in [0.15, 0.2) is 0 Å². The number of nitrogens with zero attached hydrogens (tertiary/aromatic N) is 1. The Hall–Kier alpha value is -2.21. The van der Waals surface area contributed by atoms with E-state index in [4.69, 9.17) is 0 Å². The van der Waals surface area contributed by atoms with Gasteiger partial charge in [-0.15, -0.1) is 0 Å². The summed E-state index contributed by atoms with van der Waals surface area (Å²) in [6, 6.07) is 7.30. The van der Waals surface area contributed by atoms with Gasteiger partial charge in [-0.3, -0.25) is 9.78 Å². The Kier molecular flexibility index (Phi) is 4.43. The number of carbonyl (C=O) groups is 2. The first-order valence-corrected chi connectivity index (χ1v) is 8.07. The van der Waals surface area contributed by atoms with Gasteiger partial charge in [0.25, 0.3) is 0 Å². The van der Waals surface area contributed by atoms with Gasteiger partial charge in [-0.2, -0.15) is 0 Å². The number of carbonyl (C=O) groups excluding carboxylic acids is 2. The topological polar surface area (TPSA) is 82.1 Å².